The molecule has 1 N–H and O–H groups in total. The second-order valence-corrected chi connectivity index (χ2v) is 5.10. The zero-order valence-corrected chi connectivity index (χ0v) is 10.4. The number of nitrogens with zero attached hydrogens (tertiary/aromatic N) is 2. The molecule has 0 spiro atoms. The van der Waals surface area contributed by atoms with E-state index in [4.69, 9.17) is 11.6 Å². The van der Waals surface area contributed by atoms with Crippen molar-refractivity contribution in [2.75, 3.05) is 11.2 Å². The molecule has 4 heteroatoms. The molecule has 0 bridgehead atoms. The third-order valence-corrected chi connectivity index (χ3v) is 3.96. The lowest BCUT2D eigenvalue weighted by Gasteiger charge is -2.39. The van der Waals surface area contributed by atoms with Crippen LogP contribution in [0.1, 0.15) is 32.6 Å². The summed E-state index contributed by atoms with van der Waals surface area (Å²) in [5.41, 5.74) is 0.0180. The molecule has 0 amide bonds. The van der Waals surface area contributed by atoms with Gasteiger partial charge in [0, 0.05) is 12.1 Å². The number of rotatable bonds is 3. The molecule has 0 aliphatic heterocycles. The fourth-order valence-electron chi connectivity index (χ4n) is 2.25. The second-order valence-electron chi connectivity index (χ2n) is 4.83. The van der Waals surface area contributed by atoms with Crippen molar-refractivity contribution in [2.45, 2.75) is 38.1 Å². The molecule has 1 aromatic heterocycles. The zero-order valence-electron chi connectivity index (χ0n) is 9.62. The average Bonchev–Trinajstić information content (AvgIpc) is 2.34. The van der Waals surface area contributed by atoms with Gasteiger partial charge in [-0.25, -0.2) is 0 Å². The number of aromatic nitrogens is 2. The first-order valence-corrected chi connectivity index (χ1v) is 6.39. The largest absolute Gasteiger partial charge is 0.362 e. The van der Waals surface area contributed by atoms with Crippen LogP contribution in [0.15, 0.2) is 18.3 Å². The molecule has 16 heavy (non-hydrogen) atoms. The number of hydrogen-bond donors (Lipinski definition) is 1. The Hall–Kier alpha value is -0.830. The van der Waals surface area contributed by atoms with E-state index in [0.29, 0.717) is 5.88 Å². The molecule has 0 radical (unpaired) electrons. The van der Waals surface area contributed by atoms with Crippen LogP contribution in [0.25, 0.3) is 0 Å². The Morgan fingerprint density at radius 1 is 1.50 bits per heavy atom. The summed E-state index contributed by atoms with van der Waals surface area (Å²) in [7, 11) is 0. The minimum absolute atomic E-state index is 0.0180. The Kier molecular flexibility index (Phi) is 3.64. The summed E-state index contributed by atoms with van der Waals surface area (Å²) in [5.74, 6) is 2.29. The minimum atomic E-state index is 0.0180. The van der Waals surface area contributed by atoms with E-state index in [1.54, 1.807) is 6.20 Å². The number of alkyl halides is 1. The minimum Gasteiger partial charge on any atom is -0.362 e. The molecule has 0 aromatic carbocycles. The SMILES string of the molecule is CC1CCC(CCl)(Nc2cccnn2)CC1. The third kappa shape index (κ3) is 2.64. The van der Waals surface area contributed by atoms with Crippen LogP contribution in [0.4, 0.5) is 5.82 Å². The Morgan fingerprint density at radius 2 is 2.25 bits per heavy atom. The van der Waals surface area contributed by atoms with Crippen LogP contribution in [0.2, 0.25) is 0 Å². The van der Waals surface area contributed by atoms with Gasteiger partial charge in [-0.15, -0.1) is 16.7 Å². The molecule has 88 valence electrons. The van der Waals surface area contributed by atoms with Gasteiger partial charge in [0.1, 0.15) is 5.82 Å². The van der Waals surface area contributed by atoms with Gasteiger partial charge in [-0.1, -0.05) is 6.92 Å². The van der Waals surface area contributed by atoms with Crippen molar-refractivity contribution in [3.63, 3.8) is 0 Å². The molecule has 0 unspecified atom stereocenters. The molecule has 0 saturated heterocycles. The van der Waals surface area contributed by atoms with Gasteiger partial charge in [0.2, 0.25) is 0 Å². The molecule has 1 aliphatic carbocycles. The van der Waals surface area contributed by atoms with Gasteiger partial charge in [-0.05, 0) is 43.7 Å². The fraction of sp³-hybridized carbons (Fsp3) is 0.667. The maximum Gasteiger partial charge on any atom is 0.149 e. The average molecular weight is 240 g/mol. The van der Waals surface area contributed by atoms with E-state index in [2.05, 4.69) is 22.4 Å². The Morgan fingerprint density at radius 3 is 2.81 bits per heavy atom. The first kappa shape index (κ1) is 11.6. The lowest BCUT2D eigenvalue weighted by Crippen LogP contribution is -2.43. The molecule has 1 aliphatic rings. The normalized spacial score (nSPS) is 30.0. The summed E-state index contributed by atoms with van der Waals surface area (Å²) in [6.45, 7) is 2.31. The summed E-state index contributed by atoms with van der Waals surface area (Å²) in [4.78, 5) is 0. The number of hydrogen-bond acceptors (Lipinski definition) is 3. The lowest BCUT2D eigenvalue weighted by molar-refractivity contribution is 0.286. The van der Waals surface area contributed by atoms with Crippen molar-refractivity contribution < 1.29 is 0 Å². The van der Waals surface area contributed by atoms with E-state index < -0.39 is 0 Å². The predicted molar refractivity (Wildman–Crippen MR) is 66.7 cm³/mol. The first-order valence-electron chi connectivity index (χ1n) is 5.86. The standard InChI is InChI=1S/C12H18ClN3/c1-10-4-6-12(9-13,7-5-10)15-11-3-2-8-14-16-11/h2-3,8,10H,4-7,9H2,1H3,(H,15,16). The molecule has 0 atom stereocenters. The molecule has 1 heterocycles. The van der Waals surface area contributed by atoms with Gasteiger partial charge in [-0.3, -0.25) is 0 Å². The van der Waals surface area contributed by atoms with Gasteiger partial charge in [-0.2, -0.15) is 5.10 Å². The van der Waals surface area contributed by atoms with Crippen LogP contribution in [-0.2, 0) is 0 Å². The summed E-state index contributed by atoms with van der Waals surface area (Å²) >= 11 is 6.12. The van der Waals surface area contributed by atoms with E-state index in [0.717, 1.165) is 24.6 Å². The highest BCUT2D eigenvalue weighted by Gasteiger charge is 2.33. The van der Waals surface area contributed by atoms with Crippen LogP contribution >= 0.6 is 11.6 Å². The van der Waals surface area contributed by atoms with E-state index in [-0.39, 0.29) is 5.54 Å². The number of anilines is 1. The maximum atomic E-state index is 6.12. The summed E-state index contributed by atoms with van der Waals surface area (Å²) in [6.07, 6.45) is 6.39. The zero-order chi connectivity index (χ0) is 11.4. The van der Waals surface area contributed by atoms with Crippen molar-refractivity contribution in [3.05, 3.63) is 18.3 Å². The van der Waals surface area contributed by atoms with Gasteiger partial charge in [0.15, 0.2) is 0 Å². The molecule has 1 aromatic rings. The van der Waals surface area contributed by atoms with E-state index in [1.165, 1.54) is 12.8 Å². The topological polar surface area (TPSA) is 37.8 Å². The lowest BCUT2D eigenvalue weighted by atomic mass is 9.78. The molecular weight excluding hydrogens is 222 g/mol. The van der Waals surface area contributed by atoms with Crippen molar-refractivity contribution in [1.82, 2.24) is 10.2 Å². The van der Waals surface area contributed by atoms with E-state index >= 15 is 0 Å². The Balaban J connectivity index is 2.05. The quantitative estimate of drug-likeness (QED) is 0.824. The molecule has 2 rings (SSSR count). The molecule has 1 saturated carbocycles. The van der Waals surface area contributed by atoms with Gasteiger partial charge >= 0.3 is 0 Å². The van der Waals surface area contributed by atoms with Crippen molar-refractivity contribution >= 4 is 17.4 Å². The summed E-state index contributed by atoms with van der Waals surface area (Å²) < 4.78 is 0. The highest BCUT2D eigenvalue weighted by atomic mass is 35.5. The van der Waals surface area contributed by atoms with E-state index in [9.17, 15) is 0 Å². The summed E-state index contributed by atoms with van der Waals surface area (Å²) in [6, 6.07) is 3.84. The smallest absolute Gasteiger partial charge is 0.149 e. The highest BCUT2D eigenvalue weighted by Crippen LogP contribution is 2.34. The van der Waals surface area contributed by atoms with E-state index in [1.807, 2.05) is 12.1 Å². The molecule has 3 nitrogen and oxygen atoms in total. The van der Waals surface area contributed by atoms with Crippen LogP contribution in [0.5, 0.6) is 0 Å². The second kappa shape index (κ2) is 5.00. The fourth-order valence-corrected chi connectivity index (χ4v) is 2.58. The molecular formula is C12H18ClN3. The van der Waals surface area contributed by atoms with Crippen LogP contribution in [0, 0.1) is 5.92 Å². The van der Waals surface area contributed by atoms with Crippen LogP contribution < -0.4 is 5.32 Å². The van der Waals surface area contributed by atoms with Crippen LogP contribution in [-0.4, -0.2) is 21.6 Å². The van der Waals surface area contributed by atoms with Crippen molar-refractivity contribution in [3.8, 4) is 0 Å². The van der Waals surface area contributed by atoms with Crippen LogP contribution in [0.3, 0.4) is 0 Å². The summed E-state index contributed by atoms with van der Waals surface area (Å²) in [5, 5.41) is 11.4. The maximum absolute atomic E-state index is 6.12. The number of halogens is 1. The van der Waals surface area contributed by atoms with Gasteiger partial charge in [0.05, 0.1) is 5.54 Å². The van der Waals surface area contributed by atoms with Crippen molar-refractivity contribution in [1.29, 1.82) is 0 Å². The Bertz CT molecular complexity index is 320. The number of nitrogens with one attached hydrogen (secondary N) is 1. The Labute approximate surface area is 102 Å². The molecule has 1 fully saturated rings. The third-order valence-electron chi connectivity index (χ3n) is 3.45. The van der Waals surface area contributed by atoms with Gasteiger partial charge < -0.3 is 5.32 Å². The first-order chi connectivity index (χ1) is 7.74. The van der Waals surface area contributed by atoms with Crippen molar-refractivity contribution in [2.24, 2.45) is 5.92 Å². The monoisotopic (exact) mass is 239 g/mol. The van der Waals surface area contributed by atoms with Gasteiger partial charge in [0.25, 0.3) is 0 Å². The highest BCUT2D eigenvalue weighted by molar-refractivity contribution is 6.18. The predicted octanol–water partition coefficient (Wildman–Crippen LogP) is 3.08.